The second-order valence-electron chi connectivity index (χ2n) is 11.6. The summed E-state index contributed by atoms with van der Waals surface area (Å²) in [4.78, 5) is 41.4. The first-order chi connectivity index (χ1) is 22.8. The van der Waals surface area contributed by atoms with Crippen LogP contribution in [0.3, 0.4) is 0 Å². The Balaban J connectivity index is 1.46. The van der Waals surface area contributed by atoms with Gasteiger partial charge in [0.15, 0.2) is 19.7 Å². The number of anilines is 2. The molecule has 1 N–H and O–H groups in total. The minimum Gasteiger partial charge on any atom is -0.480 e. The molecule has 250 valence electrons. The lowest BCUT2D eigenvalue weighted by Crippen LogP contribution is -2.45. The maximum atomic E-state index is 13.0. The second kappa shape index (κ2) is 14.0. The van der Waals surface area contributed by atoms with Gasteiger partial charge in [0, 0.05) is 43.1 Å². The van der Waals surface area contributed by atoms with Gasteiger partial charge in [0.05, 0.1) is 23.0 Å². The number of rotatable bonds is 8. The van der Waals surface area contributed by atoms with Gasteiger partial charge in [-0.15, -0.1) is 0 Å². The molecule has 3 aliphatic rings. The summed E-state index contributed by atoms with van der Waals surface area (Å²) in [6.07, 6.45) is 6.54. The highest BCUT2D eigenvalue weighted by Crippen LogP contribution is 2.29. The highest BCUT2D eigenvalue weighted by molar-refractivity contribution is 7.91. The number of allylic oxidation sites excluding steroid dienone is 4. The molecule has 3 aliphatic heterocycles. The van der Waals surface area contributed by atoms with Crippen LogP contribution in [0.5, 0.6) is 0 Å². The van der Waals surface area contributed by atoms with Crippen LogP contribution in [0.15, 0.2) is 89.6 Å². The standard InChI is InChI=1S/C34H34N4O8S2/c1-24-29(33(41)38(23-32(39)40)34(42)31(24)22-35)4-2-3-5-30(25-6-10-27(11-7-25)36-14-18-47(43,44)19-15-36)26-8-12-28(13-9-26)37-16-20-48(45,46)21-17-37/h2-13H,14-21,23H2,1H3,(H,39,40)/b3-2+,29-4-. The zero-order valence-corrected chi connectivity index (χ0v) is 27.8. The van der Waals surface area contributed by atoms with Crippen LogP contribution >= 0.6 is 0 Å². The van der Waals surface area contributed by atoms with Gasteiger partial charge in [-0.05, 0) is 59.5 Å². The number of sulfone groups is 2. The lowest BCUT2D eigenvalue weighted by atomic mass is 9.94. The van der Waals surface area contributed by atoms with Crippen LogP contribution in [-0.4, -0.2) is 100 Å². The molecule has 0 unspecified atom stereocenters. The molecule has 0 aliphatic carbocycles. The number of hydrogen-bond acceptors (Lipinski definition) is 10. The van der Waals surface area contributed by atoms with Crippen molar-refractivity contribution < 1.29 is 36.3 Å². The van der Waals surface area contributed by atoms with Crippen molar-refractivity contribution in [3.8, 4) is 6.07 Å². The van der Waals surface area contributed by atoms with Crippen molar-refractivity contribution in [1.82, 2.24) is 4.90 Å². The van der Waals surface area contributed by atoms with Crippen LogP contribution in [0.2, 0.25) is 0 Å². The minimum atomic E-state index is -3.02. The van der Waals surface area contributed by atoms with Gasteiger partial charge in [0.1, 0.15) is 18.2 Å². The maximum absolute atomic E-state index is 13.0. The van der Waals surface area contributed by atoms with E-state index in [9.17, 15) is 41.6 Å². The quantitative estimate of drug-likeness (QED) is 0.245. The average molecular weight is 691 g/mol. The summed E-state index contributed by atoms with van der Waals surface area (Å²) in [6.45, 7) is 2.25. The first kappa shape index (κ1) is 34.3. The SMILES string of the molecule is CC1=C(C#N)C(=O)N(CC(=O)O)C(=O)/C1=C\C=C\C=C(c1ccc(N2CCS(=O)(=O)CC2)cc1)c1ccc(N2CCS(=O)(=O)CC2)cc1. The Morgan fingerprint density at radius 1 is 0.792 bits per heavy atom. The van der Waals surface area contributed by atoms with Crippen LogP contribution in [0.1, 0.15) is 18.1 Å². The van der Waals surface area contributed by atoms with E-state index in [1.54, 1.807) is 18.2 Å². The third-order valence-electron chi connectivity index (χ3n) is 8.53. The molecule has 48 heavy (non-hydrogen) atoms. The van der Waals surface area contributed by atoms with Crippen molar-refractivity contribution in [2.75, 3.05) is 65.5 Å². The van der Waals surface area contributed by atoms with Gasteiger partial charge < -0.3 is 14.9 Å². The van der Waals surface area contributed by atoms with Gasteiger partial charge >= 0.3 is 5.97 Å². The molecule has 0 spiro atoms. The molecule has 2 amide bonds. The largest absolute Gasteiger partial charge is 0.480 e. The number of carboxylic acid groups (broad SMARTS) is 1. The number of carbonyl (C=O) groups excluding carboxylic acids is 2. The molecule has 2 fully saturated rings. The maximum Gasteiger partial charge on any atom is 0.323 e. The Labute approximate surface area is 279 Å². The summed E-state index contributed by atoms with van der Waals surface area (Å²) in [5.74, 6) is -2.74. The molecule has 14 heteroatoms. The molecule has 2 aromatic rings. The fourth-order valence-corrected chi connectivity index (χ4v) is 8.14. The van der Waals surface area contributed by atoms with Gasteiger partial charge in [-0.3, -0.25) is 19.3 Å². The highest BCUT2D eigenvalue weighted by atomic mass is 32.2. The van der Waals surface area contributed by atoms with E-state index in [1.807, 2.05) is 64.4 Å². The van der Waals surface area contributed by atoms with E-state index in [4.69, 9.17) is 0 Å². The van der Waals surface area contributed by atoms with E-state index in [0.29, 0.717) is 31.1 Å². The number of hydrogen-bond donors (Lipinski definition) is 1. The van der Waals surface area contributed by atoms with Crippen LogP contribution in [0.4, 0.5) is 11.4 Å². The predicted octanol–water partition coefficient (Wildman–Crippen LogP) is 2.36. The first-order valence-electron chi connectivity index (χ1n) is 15.2. The normalized spacial score (nSPS) is 20.2. The summed E-state index contributed by atoms with van der Waals surface area (Å²) >= 11 is 0. The monoisotopic (exact) mass is 690 g/mol. The average Bonchev–Trinajstić information content (AvgIpc) is 3.05. The zero-order valence-electron chi connectivity index (χ0n) is 26.2. The van der Waals surface area contributed by atoms with Gasteiger partial charge in [-0.25, -0.2) is 16.8 Å². The molecule has 3 heterocycles. The summed E-state index contributed by atoms with van der Waals surface area (Å²) in [6, 6.07) is 17.2. The van der Waals surface area contributed by atoms with E-state index < -0.39 is 44.0 Å². The van der Waals surface area contributed by atoms with E-state index in [-0.39, 0.29) is 39.7 Å². The number of nitrogens with zero attached hydrogens (tertiary/aromatic N) is 4. The lowest BCUT2D eigenvalue weighted by Gasteiger charge is -2.29. The second-order valence-corrected chi connectivity index (χ2v) is 16.2. The number of amides is 2. The van der Waals surface area contributed by atoms with E-state index in [2.05, 4.69) is 0 Å². The fraction of sp³-hybridized carbons (Fsp3) is 0.294. The number of aliphatic carboxylic acids is 1. The molecule has 0 saturated carbocycles. The molecule has 2 aromatic carbocycles. The van der Waals surface area contributed by atoms with Crippen molar-refractivity contribution in [3.63, 3.8) is 0 Å². The summed E-state index contributed by atoms with van der Waals surface area (Å²) in [7, 11) is -6.05. The Hall–Kier alpha value is -5.00. The minimum absolute atomic E-state index is 0.0272. The van der Waals surface area contributed by atoms with Crippen LogP contribution in [-0.2, 0) is 34.1 Å². The Bertz CT molecular complexity index is 1900. The zero-order chi connectivity index (χ0) is 34.6. The fourth-order valence-electron chi connectivity index (χ4n) is 5.74. The molecule has 2 saturated heterocycles. The van der Waals surface area contributed by atoms with Crippen molar-refractivity contribution in [2.45, 2.75) is 6.92 Å². The molecule has 0 bridgehead atoms. The van der Waals surface area contributed by atoms with Crippen molar-refractivity contribution in [1.29, 1.82) is 5.26 Å². The van der Waals surface area contributed by atoms with Crippen molar-refractivity contribution >= 4 is 54.4 Å². The highest BCUT2D eigenvalue weighted by Gasteiger charge is 2.36. The van der Waals surface area contributed by atoms with Crippen LogP contribution < -0.4 is 9.80 Å². The van der Waals surface area contributed by atoms with E-state index in [1.165, 1.54) is 13.0 Å². The third-order valence-corrected chi connectivity index (χ3v) is 11.7. The molecule has 12 nitrogen and oxygen atoms in total. The molecule has 0 atom stereocenters. The van der Waals surface area contributed by atoms with Crippen LogP contribution in [0.25, 0.3) is 5.57 Å². The molecule has 0 aromatic heterocycles. The van der Waals surface area contributed by atoms with Gasteiger partial charge in [0.2, 0.25) is 0 Å². The topological polar surface area (TPSA) is 173 Å². The van der Waals surface area contributed by atoms with Crippen LogP contribution in [0, 0.1) is 11.3 Å². The molecule has 0 radical (unpaired) electrons. The number of benzene rings is 2. The third kappa shape index (κ3) is 7.75. The Kier molecular flexibility index (Phi) is 10.0. The predicted molar refractivity (Wildman–Crippen MR) is 182 cm³/mol. The van der Waals surface area contributed by atoms with Crippen molar-refractivity contribution in [2.24, 2.45) is 0 Å². The first-order valence-corrected chi connectivity index (χ1v) is 18.8. The summed E-state index contributed by atoms with van der Waals surface area (Å²) in [5, 5.41) is 18.7. The van der Waals surface area contributed by atoms with Crippen molar-refractivity contribution in [3.05, 3.63) is 101 Å². The number of nitriles is 1. The lowest BCUT2D eigenvalue weighted by molar-refractivity contribution is -0.149. The number of imide groups is 1. The molecular weight excluding hydrogens is 657 g/mol. The summed E-state index contributed by atoms with van der Waals surface area (Å²) < 4.78 is 47.6. The van der Waals surface area contributed by atoms with E-state index in [0.717, 1.165) is 28.1 Å². The summed E-state index contributed by atoms with van der Waals surface area (Å²) in [5.41, 5.74) is 4.20. The van der Waals surface area contributed by atoms with E-state index >= 15 is 0 Å². The Morgan fingerprint density at radius 2 is 1.25 bits per heavy atom. The molecule has 5 rings (SSSR count). The number of carbonyl (C=O) groups is 3. The number of carboxylic acids is 1. The van der Waals surface area contributed by atoms with Gasteiger partial charge in [-0.1, -0.05) is 42.5 Å². The molecular formula is C34H34N4O8S2. The van der Waals surface area contributed by atoms with Gasteiger partial charge in [0.25, 0.3) is 11.8 Å². The smallest absolute Gasteiger partial charge is 0.323 e. The Morgan fingerprint density at radius 3 is 1.67 bits per heavy atom. The van der Waals surface area contributed by atoms with Gasteiger partial charge in [-0.2, -0.15) is 5.26 Å².